The Balaban J connectivity index is 1.89. The molecule has 0 unspecified atom stereocenters. The second kappa shape index (κ2) is 7.40. The van der Waals surface area contributed by atoms with Crippen molar-refractivity contribution in [3.8, 4) is 0 Å². The molecule has 0 aliphatic heterocycles. The van der Waals surface area contributed by atoms with Crippen molar-refractivity contribution in [3.63, 3.8) is 0 Å². The molecule has 23 heavy (non-hydrogen) atoms. The Labute approximate surface area is 141 Å². The molecular formula is C19H21N3S. The summed E-state index contributed by atoms with van der Waals surface area (Å²) in [6, 6.07) is 14.6. The SMILES string of the molecule is CN(C)CCNc1cc(/C=C/c2cccs2)nc2ccccc12. The molecule has 3 rings (SSSR count). The Morgan fingerprint density at radius 2 is 2.00 bits per heavy atom. The largest absolute Gasteiger partial charge is 0.383 e. The third-order valence-corrected chi connectivity index (χ3v) is 4.41. The standard InChI is InChI=1S/C19H21N3S/c1-22(2)12-11-20-19-14-15(9-10-16-6-5-13-23-16)21-18-8-4-3-7-17(18)19/h3-10,13-14H,11-12H2,1-2H3,(H,20,21)/b10-9+. The topological polar surface area (TPSA) is 28.2 Å². The molecule has 0 aliphatic carbocycles. The maximum atomic E-state index is 4.75. The molecule has 1 N–H and O–H groups in total. The van der Waals surface area contributed by atoms with E-state index in [4.69, 9.17) is 4.98 Å². The number of para-hydroxylation sites is 1. The van der Waals surface area contributed by atoms with Crippen LogP contribution in [0.1, 0.15) is 10.6 Å². The van der Waals surface area contributed by atoms with Gasteiger partial charge in [-0.15, -0.1) is 11.3 Å². The highest BCUT2D eigenvalue weighted by Crippen LogP contribution is 2.24. The minimum absolute atomic E-state index is 0.912. The molecule has 0 atom stereocenters. The van der Waals surface area contributed by atoms with E-state index in [1.54, 1.807) is 11.3 Å². The van der Waals surface area contributed by atoms with Crippen molar-refractivity contribution in [1.82, 2.24) is 9.88 Å². The molecule has 2 heterocycles. The number of likely N-dealkylation sites (N-methyl/N-ethyl adjacent to an activating group) is 1. The zero-order valence-electron chi connectivity index (χ0n) is 13.5. The van der Waals surface area contributed by atoms with Crippen LogP contribution in [0.25, 0.3) is 23.1 Å². The number of anilines is 1. The van der Waals surface area contributed by atoms with Gasteiger partial charge < -0.3 is 10.2 Å². The Kier molecular flexibility index (Phi) is 5.05. The summed E-state index contributed by atoms with van der Waals surface area (Å²) >= 11 is 1.73. The zero-order chi connectivity index (χ0) is 16.1. The van der Waals surface area contributed by atoms with Crippen LogP contribution in [0.3, 0.4) is 0 Å². The molecular weight excluding hydrogens is 302 g/mol. The minimum atomic E-state index is 0.912. The van der Waals surface area contributed by atoms with E-state index in [2.05, 4.69) is 78.2 Å². The van der Waals surface area contributed by atoms with Crippen molar-refractivity contribution in [1.29, 1.82) is 0 Å². The molecule has 3 nitrogen and oxygen atoms in total. The average molecular weight is 323 g/mol. The lowest BCUT2D eigenvalue weighted by atomic mass is 10.1. The van der Waals surface area contributed by atoms with Crippen molar-refractivity contribution >= 4 is 40.1 Å². The van der Waals surface area contributed by atoms with Gasteiger partial charge in [0, 0.05) is 29.0 Å². The molecule has 0 bridgehead atoms. The lowest BCUT2D eigenvalue weighted by Crippen LogP contribution is -2.20. The Morgan fingerprint density at radius 1 is 1.13 bits per heavy atom. The summed E-state index contributed by atoms with van der Waals surface area (Å²) in [5.41, 5.74) is 3.14. The first-order valence-corrected chi connectivity index (χ1v) is 8.60. The number of hydrogen-bond donors (Lipinski definition) is 1. The summed E-state index contributed by atoms with van der Waals surface area (Å²) in [7, 11) is 4.17. The first-order valence-electron chi connectivity index (χ1n) is 7.72. The van der Waals surface area contributed by atoms with Crippen LogP contribution in [-0.2, 0) is 0 Å². The molecule has 4 heteroatoms. The third-order valence-electron chi connectivity index (χ3n) is 3.57. The predicted octanol–water partition coefficient (Wildman–Crippen LogP) is 4.44. The fourth-order valence-corrected chi connectivity index (χ4v) is 3.01. The van der Waals surface area contributed by atoms with Crippen LogP contribution in [0, 0.1) is 0 Å². The third kappa shape index (κ3) is 4.18. The number of nitrogens with one attached hydrogen (secondary N) is 1. The fourth-order valence-electron chi connectivity index (χ4n) is 2.40. The van der Waals surface area contributed by atoms with Gasteiger partial charge in [-0.2, -0.15) is 0 Å². The van der Waals surface area contributed by atoms with Gasteiger partial charge >= 0.3 is 0 Å². The molecule has 0 radical (unpaired) electrons. The van der Waals surface area contributed by atoms with Gasteiger partial charge in [0.25, 0.3) is 0 Å². The highest BCUT2D eigenvalue weighted by atomic mass is 32.1. The van der Waals surface area contributed by atoms with Gasteiger partial charge in [-0.25, -0.2) is 4.98 Å². The minimum Gasteiger partial charge on any atom is -0.383 e. The molecule has 0 fully saturated rings. The van der Waals surface area contributed by atoms with E-state index in [0.29, 0.717) is 0 Å². The Morgan fingerprint density at radius 3 is 2.78 bits per heavy atom. The molecule has 0 saturated heterocycles. The predicted molar refractivity (Wildman–Crippen MR) is 102 cm³/mol. The van der Waals surface area contributed by atoms with Crippen LogP contribution in [0.5, 0.6) is 0 Å². The quantitative estimate of drug-likeness (QED) is 0.727. The first-order chi connectivity index (χ1) is 11.2. The second-order valence-corrected chi connectivity index (χ2v) is 6.67. The van der Waals surface area contributed by atoms with E-state index in [9.17, 15) is 0 Å². The number of pyridine rings is 1. The number of fused-ring (bicyclic) bond motifs is 1. The normalized spacial score (nSPS) is 11.6. The number of rotatable bonds is 6. The van der Waals surface area contributed by atoms with E-state index in [0.717, 1.165) is 30.0 Å². The lowest BCUT2D eigenvalue weighted by molar-refractivity contribution is 0.425. The van der Waals surface area contributed by atoms with Crippen LogP contribution >= 0.6 is 11.3 Å². The Bertz CT molecular complexity index is 791. The van der Waals surface area contributed by atoms with Gasteiger partial charge in [0.2, 0.25) is 0 Å². The Hall–Kier alpha value is -2.17. The van der Waals surface area contributed by atoms with Crippen LogP contribution in [0.15, 0.2) is 47.8 Å². The van der Waals surface area contributed by atoms with Gasteiger partial charge in [-0.05, 0) is 49.8 Å². The summed E-state index contributed by atoms with van der Waals surface area (Å²) in [6.07, 6.45) is 4.20. The first kappa shape index (κ1) is 15.7. The van der Waals surface area contributed by atoms with Crippen molar-refractivity contribution < 1.29 is 0 Å². The molecule has 0 saturated carbocycles. The number of thiophene rings is 1. The van der Waals surface area contributed by atoms with Crippen LogP contribution in [0.4, 0.5) is 5.69 Å². The highest BCUT2D eigenvalue weighted by molar-refractivity contribution is 7.10. The van der Waals surface area contributed by atoms with Crippen molar-refractivity contribution in [2.75, 3.05) is 32.5 Å². The number of hydrogen-bond acceptors (Lipinski definition) is 4. The van der Waals surface area contributed by atoms with Crippen LogP contribution < -0.4 is 5.32 Å². The molecule has 0 aliphatic rings. The number of nitrogens with zero attached hydrogens (tertiary/aromatic N) is 2. The van der Waals surface area contributed by atoms with E-state index in [1.165, 1.54) is 10.3 Å². The van der Waals surface area contributed by atoms with Crippen molar-refractivity contribution in [2.45, 2.75) is 0 Å². The van der Waals surface area contributed by atoms with Gasteiger partial charge in [-0.3, -0.25) is 0 Å². The highest BCUT2D eigenvalue weighted by Gasteiger charge is 2.04. The maximum absolute atomic E-state index is 4.75. The molecule has 1 aromatic carbocycles. The van der Waals surface area contributed by atoms with Crippen LogP contribution in [0.2, 0.25) is 0 Å². The molecule has 0 spiro atoms. The second-order valence-electron chi connectivity index (χ2n) is 5.69. The zero-order valence-corrected chi connectivity index (χ0v) is 14.3. The van der Waals surface area contributed by atoms with Crippen molar-refractivity contribution in [3.05, 3.63) is 58.4 Å². The van der Waals surface area contributed by atoms with Crippen molar-refractivity contribution in [2.24, 2.45) is 0 Å². The van der Waals surface area contributed by atoms with E-state index in [-0.39, 0.29) is 0 Å². The molecule has 118 valence electrons. The number of benzene rings is 1. The molecule has 0 amide bonds. The summed E-state index contributed by atoms with van der Waals surface area (Å²) < 4.78 is 0. The molecule has 2 aromatic heterocycles. The van der Waals surface area contributed by atoms with E-state index in [1.807, 2.05) is 6.07 Å². The van der Waals surface area contributed by atoms with Gasteiger partial charge in [0.05, 0.1) is 11.2 Å². The van der Waals surface area contributed by atoms with Gasteiger partial charge in [0.15, 0.2) is 0 Å². The number of aromatic nitrogens is 1. The molecule has 3 aromatic rings. The van der Waals surface area contributed by atoms with Crippen LogP contribution in [-0.4, -0.2) is 37.1 Å². The maximum Gasteiger partial charge on any atom is 0.0730 e. The fraction of sp³-hybridized carbons (Fsp3) is 0.211. The summed E-state index contributed by atoms with van der Waals surface area (Å²) in [6.45, 7) is 1.91. The van der Waals surface area contributed by atoms with Gasteiger partial charge in [0.1, 0.15) is 0 Å². The lowest BCUT2D eigenvalue weighted by Gasteiger charge is -2.13. The summed E-state index contributed by atoms with van der Waals surface area (Å²) in [5.74, 6) is 0. The smallest absolute Gasteiger partial charge is 0.0730 e. The summed E-state index contributed by atoms with van der Waals surface area (Å²) in [5, 5.41) is 6.79. The summed E-state index contributed by atoms with van der Waals surface area (Å²) in [4.78, 5) is 8.16. The average Bonchev–Trinajstić information content (AvgIpc) is 3.06. The van der Waals surface area contributed by atoms with Gasteiger partial charge in [-0.1, -0.05) is 24.3 Å². The van der Waals surface area contributed by atoms with E-state index < -0.39 is 0 Å². The van der Waals surface area contributed by atoms with E-state index >= 15 is 0 Å². The monoisotopic (exact) mass is 323 g/mol.